The van der Waals surface area contributed by atoms with Gasteiger partial charge in [0.15, 0.2) is 0 Å². The second-order valence-electron chi connectivity index (χ2n) is 12.3. The van der Waals surface area contributed by atoms with E-state index in [-0.39, 0.29) is 6.10 Å². The van der Waals surface area contributed by atoms with Gasteiger partial charge in [-0.2, -0.15) is 5.26 Å². The Kier molecular flexibility index (Phi) is 7.68. The highest BCUT2D eigenvalue weighted by Crippen LogP contribution is 2.45. The summed E-state index contributed by atoms with van der Waals surface area (Å²) in [6, 6.07) is 11.3. The Morgan fingerprint density at radius 2 is 2.02 bits per heavy atom. The van der Waals surface area contributed by atoms with Crippen LogP contribution < -0.4 is 19.9 Å². The van der Waals surface area contributed by atoms with Crippen molar-refractivity contribution < 1.29 is 19.4 Å². The lowest BCUT2D eigenvalue weighted by Gasteiger charge is -2.26. The minimum atomic E-state index is -0.662. The van der Waals surface area contributed by atoms with Gasteiger partial charge >= 0.3 is 6.09 Å². The Bertz CT molecular complexity index is 1580. The molecule has 0 spiro atoms. The number of hydrogen-bond acceptors (Lipinski definition) is 9. The zero-order valence-electron chi connectivity index (χ0n) is 24.7. The smallest absolute Gasteiger partial charge is 0.414 e. The number of nitrogens with zero attached hydrogens (tertiary/aromatic N) is 5. The van der Waals surface area contributed by atoms with Crippen LogP contribution >= 0.6 is 11.6 Å². The van der Waals surface area contributed by atoms with Crippen molar-refractivity contribution in [2.24, 2.45) is 0 Å². The highest BCUT2D eigenvalue weighted by atomic mass is 35.5. The maximum atomic E-state index is 13.1. The topological polar surface area (TPSA) is 124 Å². The standard InChI is InChI=1S/C31H35ClN6O4/c1-30(2,3)42-29(40)38-17-31(4,5)21-12-18(11-19(15-33)27(21)38)23-7-9-34-28(35-23)36-24-13-22(32)25(14-26(24)41-6)37-10-8-20(39)16-37/h7,9,11-14,20,39H,8,10,16-17H2,1-6H3,(H,34,35,36). The maximum absolute atomic E-state index is 13.1. The quantitative estimate of drug-likeness (QED) is 0.367. The molecule has 1 aromatic heterocycles. The number of fused-ring (bicyclic) bond motifs is 1. The third-order valence-electron chi connectivity index (χ3n) is 7.37. The van der Waals surface area contributed by atoms with Crippen LogP contribution in [0.15, 0.2) is 36.5 Å². The Morgan fingerprint density at radius 3 is 2.67 bits per heavy atom. The van der Waals surface area contributed by atoms with Crippen molar-refractivity contribution in [1.29, 1.82) is 5.26 Å². The minimum Gasteiger partial charge on any atom is -0.494 e. The van der Waals surface area contributed by atoms with Crippen molar-refractivity contribution in [2.75, 3.05) is 41.9 Å². The molecule has 0 aliphatic carbocycles. The van der Waals surface area contributed by atoms with Gasteiger partial charge in [-0.05, 0) is 57.0 Å². The Balaban J connectivity index is 1.47. The van der Waals surface area contributed by atoms with Gasteiger partial charge in [-0.25, -0.2) is 14.8 Å². The molecule has 1 fully saturated rings. The number of β-amino-alcohol motifs (C(OH)–C–C–N with tert-alkyl or cyclic N) is 1. The summed E-state index contributed by atoms with van der Waals surface area (Å²) in [7, 11) is 1.57. The van der Waals surface area contributed by atoms with Crippen molar-refractivity contribution in [3.05, 3.63) is 52.7 Å². The fraction of sp³-hybridized carbons (Fsp3) is 0.419. The first-order chi connectivity index (χ1) is 19.8. The maximum Gasteiger partial charge on any atom is 0.414 e. The molecule has 0 radical (unpaired) electrons. The van der Waals surface area contributed by atoms with E-state index in [1.54, 1.807) is 36.4 Å². The van der Waals surface area contributed by atoms with Gasteiger partial charge < -0.3 is 24.8 Å². The normalized spacial score (nSPS) is 17.5. The lowest BCUT2D eigenvalue weighted by Crippen LogP contribution is -2.38. The molecule has 2 aromatic carbocycles. The number of benzene rings is 2. The van der Waals surface area contributed by atoms with Crippen molar-refractivity contribution in [1.82, 2.24) is 9.97 Å². The molecule has 1 unspecified atom stereocenters. The highest BCUT2D eigenvalue weighted by Gasteiger charge is 2.42. The third-order valence-corrected chi connectivity index (χ3v) is 7.67. The second-order valence-corrected chi connectivity index (χ2v) is 12.7. The summed E-state index contributed by atoms with van der Waals surface area (Å²) in [5.74, 6) is 0.873. The first-order valence-electron chi connectivity index (χ1n) is 13.8. The average Bonchev–Trinajstić information content (AvgIpc) is 3.47. The molecule has 220 valence electrons. The monoisotopic (exact) mass is 590 g/mol. The van der Waals surface area contributed by atoms with E-state index in [9.17, 15) is 15.2 Å². The number of hydrogen-bond donors (Lipinski definition) is 2. The van der Waals surface area contributed by atoms with E-state index in [4.69, 9.17) is 26.1 Å². The van der Waals surface area contributed by atoms with E-state index in [0.29, 0.717) is 65.4 Å². The predicted octanol–water partition coefficient (Wildman–Crippen LogP) is 6.02. The lowest BCUT2D eigenvalue weighted by molar-refractivity contribution is 0.0579. The highest BCUT2D eigenvalue weighted by molar-refractivity contribution is 6.33. The van der Waals surface area contributed by atoms with Gasteiger partial charge in [-0.1, -0.05) is 25.4 Å². The fourth-order valence-corrected chi connectivity index (χ4v) is 5.70. The molecule has 0 saturated carbocycles. The number of aliphatic hydroxyl groups excluding tert-OH is 1. The van der Waals surface area contributed by atoms with Crippen LogP contribution in [0.2, 0.25) is 5.02 Å². The van der Waals surface area contributed by atoms with E-state index in [0.717, 1.165) is 16.8 Å². The molecule has 0 bridgehead atoms. The van der Waals surface area contributed by atoms with Crippen LogP contribution in [0.5, 0.6) is 5.75 Å². The van der Waals surface area contributed by atoms with Crippen molar-refractivity contribution >= 4 is 40.7 Å². The minimum absolute atomic E-state index is 0.319. The zero-order chi connectivity index (χ0) is 30.4. The van der Waals surface area contributed by atoms with Gasteiger partial charge in [-0.3, -0.25) is 4.90 Å². The van der Waals surface area contributed by atoms with E-state index < -0.39 is 17.1 Å². The van der Waals surface area contributed by atoms with Crippen molar-refractivity contribution in [3.8, 4) is 23.1 Å². The summed E-state index contributed by atoms with van der Waals surface area (Å²) in [6.07, 6.45) is 1.46. The van der Waals surface area contributed by atoms with Crippen LogP contribution in [0, 0.1) is 11.3 Å². The van der Waals surface area contributed by atoms with Gasteiger partial charge in [0.05, 0.1) is 46.6 Å². The molecule has 3 aromatic rings. The molecular weight excluding hydrogens is 556 g/mol. The number of carbonyl (C=O) groups excluding carboxylic acids is 1. The second kappa shape index (κ2) is 11.0. The number of ether oxygens (including phenoxy) is 2. The molecule has 42 heavy (non-hydrogen) atoms. The number of anilines is 4. The summed E-state index contributed by atoms with van der Waals surface area (Å²) in [4.78, 5) is 25.8. The SMILES string of the molecule is COc1cc(N2CCC(O)C2)c(Cl)cc1Nc1nccc(-c2cc(C#N)c3c(c2)C(C)(C)CN3C(=O)OC(C)(C)C)n1. The van der Waals surface area contributed by atoms with Crippen LogP contribution in [0.25, 0.3) is 11.3 Å². The van der Waals surface area contributed by atoms with Gasteiger partial charge in [0.25, 0.3) is 0 Å². The molecule has 2 aliphatic heterocycles. The molecule has 10 nitrogen and oxygen atoms in total. The van der Waals surface area contributed by atoms with E-state index >= 15 is 0 Å². The van der Waals surface area contributed by atoms with E-state index in [2.05, 4.69) is 16.4 Å². The molecule has 2 aliphatic rings. The number of aliphatic hydroxyl groups is 1. The summed E-state index contributed by atoms with van der Waals surface area (Å²) in [5.41, 5.74) is 3.42. The lowest BCUT2D eigenvalue weighted by atomic mass is 9.85. The van der Waals surface area contributed by atoms with Crippen LogP contribution in [0.1, 0.15) is 52.2 Å². The molecule has 1 amide bonds. The number of halogens is 1. The third kappa shape index (κ3) is 5.80. The molecule has 3 heterocycles. The van der Waals surface area contributed by atoms with Crippen LogP contribution in [0.4, 0.5) is 27.8 Å². The molecule has 1 saturated heterocycles. The number of nitrogens with one attached hydrogen (secondary N) is 1. The predicted molar refractivity (Wildman–Crippen MR) is 163 cm³/mol. The first-order valence-corrected chi connectivity index (χ1v) is 14.2. The number of nitriles is 1. The molecule has 2 N–H and O–H groups in total. The zero-order valence-corrected chi connectivity index (χ0v) is 25.4. The summed E-state index contributed by atoms with van der Waals surface area (Å²) < 4.78 is 11.3. The van der Waals surface area contributed by atoms with Crippen LogP contribution in [-0.2, 0) is 10.2 Å². The number of rotatable bonds is 5. The van der Waals surface area contributed by atoms with Gasteiger partial charge in [0.1, 0.15) is 17.4 Å². The van der Waals surface area contributed by atoms with E-state index in [1.165, 1.54) is 0 Å². The number of methoxy groups -OCH3 is 1. The van der Waals surface area contributed by atoms with E-state index in [1.807, 2.05) is 51.7 Å². The van der Waals surface area contributed by atoms with Crippen LogP contribution in [0.3, 0.4) is 0 Å². The summed E-state index contributed by atoms with van der Waals surface area (Å²) in [5, 5.41) is 23.8. The van der Waals surface area contributed by atoms with Crippen LogP contribution in [-0.4, -0.2) is 59.6 Å². The number of aromatic nitrogens is 2. The largest absolute Gasteiger partial charge is 0.494 e. The molecule has 11 heteroatoms. The summed E-state index contributed by atoms with van der Waals surface area (Å²) >= 11 is 6.64. The first kappa shape index (κ1) is 29.4. The Labute approximate surface area is 250 Å². The average molecular weight is 591 g/mol. The molecule has 5 rings (SSSR count). The van der Waals surface area contributed by atoms with Crippen molar-refractivity contribution in [2.45, 2.75) is 58.2 Å². The fourth-order valence-electron chi connectivity index (χ4n) is 5.42. The van der Waals surface area contributed by atoms with Gasteiger partial charge in [0, 0.05) is 42.9 Å². The summed E-state index contributed by atoms with van der Waals surface area (Å²) in [6.45, 7) is 11.1. The van der Waals surface area contributed by atoms with Gasteiger partial charge in [-0.15, -0.1) is 0 Å². The number of carbonyl (C=O) groups is 1. The van der Waals surface area contributed by atoms with Crippen molar-refractivity contribution in [3.63, 3.8) is 0 Å². The Morgan fingerprint density at radius 1 is 1.26 bits per heavy atom. The van der Waals surface area contributed by atoms with Gasteiger partial charge in [0.2, 0.25) is 5.95 Å². The number of amides is 1. The Hall–Kier alpha value is -4.07. The molecule has 1 atom stereocenters. The molecular formula is C31H35ClN6O4.